The van der Waals surface area contributed by atoms with Crippen molar-refractivity contribution in [3.8, 4) is 5.75 Å². The average Bonchev–Trinajstić information content (AvgIpc) is 2.98. The van der Waals surface area contributed by atoms with Crippen LogP contribution in [0.15, 0.2) is 52.4 Å². The minimum absolute atomic E-state index is 0.00695. The van der Waals surface area contributed by atoms with Crippen LogP contribution in [-0.2, 0) is 5.66 Å². The van der Waals surface area contributed by atoms with Gasteiger partial charge in [-0.15, -0.1) is 0 Å². The van der Waals surface area contributed by atoms with Crippen LogP contribution in [0.4, 0.5) is 23.7 Å². The van der Waals surface area contributed by atoms with E-state index in [2.05, 4.69) is 10.3 Å². The Kier molecular flexibility index (Phi) is 3.88. The summed E-state index contributed by atoms with van der Waals surface area (Å²) >= 11 is 1.05. The minimum atomic E-state index is -4.83. The third kappa shape index (κ3) is 2.64. The maximum atomic E-state index is 14.1. The van der Waals surface area contributed by atoms with Crippen molar-refractivity contribution in [1.82, 2.24) is 5.32 Å². The van der Waals surface area contributed by atoms with Gasteiger partial charge in [0.1, 0.15) is 5.75 Å². The van der Waals surface area contributed by atoms with Crippen LogP contribution in [0, 0.1) is 6.92 Å². The molecule has 0 spiro atoms. The Hall–Kier alpha value is -2.68. The van der Waals surface area contributed by atoms with Crippen molar-refractivity contribution in [3.63, 3.8) is 0 Å². The quantitative estimate of drug-likeness (QED) is 0.822. The highest BCUT2D eigenvalue weighted by atomic mass is 32.2. The van der Waals surface area contributed by atoms with Crippen LogP contribution in [0.1, 0.15) is 11.1 Å². The number of nitrogens with one attached hydrogen (secondary N) is 1. The molecule has 0 saturated heterocycles. The number of hydrogen-bond acceptors (Lipinski definition) is 4. The van der Waals surface area contributed by atoms with E-state index >= 15 is 0 Å². The van der Waals surface area contributed by atoms with Gasteiger partial charge in [0.05, 0.1) is 12.8 Å². The molecule has 140 valence electrons. The van der Waals surface area contributed by atoms with Crippen LogP contribution < -0.4 is 15.0 Å². The molecule has 1 N–H and O–H groups in total. The zero-order chi connectivity index (χ0) is 19.4. The summed E-state index contributed by atoms with van der Waals surface area (Å²) in [6, 6.07) is 9.76. The second-order valence-electron chi connectivity index (χ2n) is 6.17. The molecule has 0 aliphatic carbocycles. The molecule has 0 saturated carbocycles. The largest absolute Gasteiger partial charge is 0.497 e. The van der Waals surface area contributed by atoms with Crippen molar-refractivity contribution < 1.29 is 22.7 Å². The first-order valence-electron chi connectivity index (χ1n) is 7.97. The number of urea groups is 1. The van der Waals surface area contributed by atoms with Gasteiger partial charge < -0.3 is 10.1 Å². The lowest BCUT2D eigenvalue weighted by molar-refractivity contribution is -0.195. The molecule has 0 radical (unpaired) electrons. The number of anilines is 1. The van der Waals surface area contributed by atoms with Crippen molar-refractivity contribution in [2.75, 3.05) is 12.0 Å². The number of hydrogen-bond donors (Lipinski definition) is 1. The third-order valence-electron chi connectivity index (χ3n) is 4.42. The van der Waals surface area contributed by atoms with Gasteiger partial charge in [-0.2, -0.15) is 13.2 Å². The molecule has 1 unspecified atom stereocenters. The third-order valence-corrected chi connectivity index (χ3v) is 5.42. The number of benzene rings is 2. The van der Waals surface area contributed by atoms with E-state index in [1.165, 1.54) is 36.3 Å². The van der Waals surface area contributed by atoms with Crippen molar-refractivity contribution in [2.45, 2.75) is 23.7 Å². The number of ether oxygens (including phenoxy) is 1. The Balaban J connectivity index is 1.87. The monoisotopic (exact) mass is 393 g/mol. The molecular formula is C18H14F3N3O2S. The zero-order valence-corrected chi connectivity index (χ0v) is 15.1. The number of carbonyl (C=O) groups is 1. The van der Waals surface area contributed by atoms with Crippen molar-refractivity contribution >= 4 is 28.6 Å². The standard InChI is InChI=1S/C18H14F3N3O2S/c1-10-3-8-13-14(9-10)27-16-23-17(18(19,20)21,22-15(25)24(13)16)11-4-6-12(26-2)7-5-11/h3-9H,1-2H3,(H,22,25). The maximum absolute atomic E-state index is 14.1. The predicted molar refractivity (Wildman–Crippen MR) is 96.2 cm³/mol. The fraction of sp³-hybridized carbons (Fsp3) is 0.222. The molecule has 2 amide bonds. The molecule has 5 nitrogen and oxygen atoms in total. The lowest BCUT2D eigenvalue weighted by atomic mass is 9.98. The number of thioether (sulfide) groups is 1. The lowest BCUT2D eigenvalue weighted by Crippen LogP contribution is -2.62. The smallest absolute Gasteiger partial charge is 0.436 e. The summed E-state index contributed by atoms with van der Waals surface area (Å²) < 4.78 is 47.3. The minimum Gasteiger partial charge on any atom is -0.497 e. The average molecular weight is 393 g/mol. The SMILES string of the molecule is COc1ccc(C2(C(F)(F)F)N=C3Sc4cc(C)ccc4N3C(=O)N2)cc1. The fourth-order valence-electron chi connectivity index (χ4n) is 3.05. The number of aliphatic imine (C=N–C) groups is 1. The molecular weight excluding hydrogens is 379 g/mol. The van der Waals surface area contributed by atoms with Crippen LogP contribution in [0.2, 0.25) is 0 Å². The van der Waals surface area contributed by atoms with Crippen LogP contribution in [0.25, 0.3) is 0 Å². The van der Waals surface area contributed by atoms with Crippen LogP contribution in [-0.4, -0.2) is 24.5 Å². The van der Waals surface area contributed by atoms with Gasteiger partial charge in [0.25, 0.3) is 5.66 Å². The van der Waals surface area contributed by atoms with Crippen molar-refractivity contribution in [2.24, 2.45) is 4.99 Å². The first-order chi connectivity index (χ1) is 12.7. The molecule has 4 rings (SSSR count). The molecule has 0 aromatic heterocycles. The molecule has 2 heterocycles. The normalized spacial score (nSPS) is 21.3. The molecule has 27 heavy (non-hydrogen) atoms. The van der Waals surface area contributed by atoms with E-state index in [1.54, 1.807) is 12.1 Å². The Morgan fingerprint density at radius 2 is 1.89 bits per heavy atom. The summed E-state index contributed by atoms with van der Waals surface area (Å²) in [7, 11) is 1.42. The van der Waals surface area contributed by atoms with Gasteiger partial charge in [0.2, 0.25) is 0 Å². The van der Waals surface area contributed by atoms with E-state index in [1.807, 2.05) is 13.0 Å². The van der Waals surface area contributed by atoms with Gasteiger partial charge in [-0.3, -0.25) is 0 Å². The number of rotatable bonds is 2. The van der Waals surface area contributed by atoms with E-state index in [0.29, 0.717) is 16.3 Å². The maximum Gasteiger partial charge on any atom is 0.436 e. The Morgan fingerprint density at radius 1 is 1.19 bits per heavy atom. The number of aryl methyl sites for hydroxylation is 1. The summed E-state index contributed by atoms with van der Waals surface area (Å²) in [4.78, 5) is 18.5. The predicted octanol–water partition coefficient (Wildman–Crippen LogP) is 4.41. The highest BCUT2D eigenvalue weighted by Gasteiger charge is 2.61. The Morgan fingerprint density at radius 3 is 2.52 bits per heavy atom. The number of amidine groups is 1. The molecule has 0 fully saturated rings. The number of methoxy groups -OCH3 is 1. The number of amides is 2. The number of halogens is 3. The second-order valence-corrected chi connectivity index (χ2v) is 7.18. The number of fused-ring (bicyclic) bond motifs is 3. The van der Waals surface area contributed by atoms with Gasteiger partial charge in [0, 0.05) is 10.5 Å². The summed E-state index contributed by atoms with van der Waals surface area (Å²) in [6.45, 7) is 1.87. The lowest BCUT2D eigenvalue weighted by Gasteiger charge is -2.38. The Bertz CT molecular complexity index is 959. The molecule has 2 aromatic rings. The Labute approximate surface area is 157 Å². The molecule has 0 bridgehead atoms. The number of carbonyl (C=O) groups excluding carboxylic acids is 1. The first kappa shape index (κ1) is 17.7. The molecule has 9 heteroatoms. The molecule has 2 aliphatic heterocycles. The van der Waals surface area contributed by atoms with Crippen molar-refractivity contribution in [3.05, 3.63) is 53.6 Å². The molecule has 2 aliphatic rings. The highest BCUT2D eigenvalue weighted by molar-refractivity contribution is 8.15. The van der Waals surface area contributed by atoms with Crippen LogP contribution >= 0.6 is 11.8 Å². The molecule has 2 aromatic carbocycles. The van der Waals surface area contributed by atoms with Gasteiger partial charge in [-0.05, 0) is 48.5 Å². The van der Waals surface area contributed by atoms with Crippen LogP contribution in [0.5, 0.6) is 5.75 Å². The first-order valence-corrected chi connectivity index (χ1v) is 8.79. The van der Waals surface area contributed by atoms with E-state index in [4.69, 9.17) is 4.74 Å². The zero-order valence-electron chi connectivity index (χ0n) is 14.3. The molecule has 1 atom stereocenters. The van der Waals surface area contributed by atoms with E-state index in [9.17, 15) is 18.0 Å². The van der Waals surface area contributed by atoms with Crippen LogP contribution in [0.3, 0.4) is 0 Å². The van der Waals surface area contributed by atoms with Gasteiger partial charge in [-0.1, -0.05) is 18.2 Å². The topological polar surface area (TPSA) is 53.9 Å². The van der Waals surface area contributed by atoms with Gasteiger partial charge in [-0.25, -0.2) is 14.7 Å². The summed E-state index contributed by atoms with van der Waals surface area (Å²) in [5, 5.41) is 2.06. The van der Waals surface area contributed by atoms with Crippen molar-refractivity contribution in [1.29, 1.82) is 0 Å². The van der Waals surface area contributed by atoms with Gasteiger partial charge in [0.15, 0.2) is 5.17 Å². The summed E-state index contributed by atoms with van der Waals surface area (Å²) in [5.41, 5.74) is -1.58. The number of alkyl halides is 3. The van der Waals surface area contributed by atoms with Gasteiger partial charge >= 0.3 is 12.2 Å². The summed E-state index contributed by atoms with van der Waals surface area (Å²) in [5.74, 6) is 0.408. The van der Waals surface area contributed by atoms with E-state index in [0.717, 1.165) is 17.3 Å². The number of nitrogens with zero attached hydrogens (tertiary/aromatic N) is 2. The van der Waals surface area contributed by atoms with E-state index < -0.39 is 17.9 Å². The van der Waals surface area contributed by atoms with E-state index in [-0.39, 0.29) is 10.7 Å². The second kappa shape index (κ2) is 5.91. The fourth-order valence-corrected chi connectivity index (χ4v) is 4.21. The highest BCUT2D eigenvalue weighted by Crippen LogP contribution is 2.48. The summed E-state index contributed by atoms with van der Waals surface area (Å²) in [6.07, 6.45) is -4.83.